The highest BCUT2D eigenvalue weighted by Crippen LogP contribution is 2.18. The third-order valence-corrected chi connectivity index (χ3v) is 10.0. The fourth-order valence-electron chi connectivity index (χ4n) is 6.67. The molecule has 0 atom stereocenters. The predicted molar refractivity (Wildman–Crippen MR) is 217 cm³/mol. The monoisotopic (exact) mass is 742 g/mol. The summed E-state index contributed by atoms with van der Waals surface area (Å²) in [7, 11) is 0. The van der Waals surface area contributed by atoms with Crippen LogP contribution in [0.15, 0.2) is 0 Å². The number of nitrogens with zero attached hydrogens (tertiary/aromatic N) is 1. The highest BCUT2D eigenvalue weighted by molar-refractivity contribution is 5.60. The molecular formula is C44H87NO7. The Kier molecular flexibility index (Phi) is 41.0. The number of hydrogen-bond donors (Lipinski definition) is 1. The van der Waals surface area contributed by atoms with Crippen molar-refractivity contribution in [1.29, 1.82) is 0 Å². The second-order valence-electron chi connectivity index (χ2n) is 15.1. The Labute approximate surface area is 322 Å². The van der Waals surface area contributed by atoms with Crippen LogP contribution in [0.25, 0.3) is 0 Å². The molecule has 0 spiro atoms. The maximum Gasteiger partial charge on any atom is 0.508 e. The molecule has 0 amide bonds. The van der Waals surface area contributed by atoms with E-state index in [0.29, 0.717) is 19.8 Å². The Bertz CT molecular complexity index is 721. The van der Waals surface area contributed by atoms with E-state index in [1.165, 1.54) is 96.3 Å². The van der Waals surface area contributed by atoms with Crippen LogP contribution in [-0.4, -0.2) is 74.5 Å². The summed E-state index contributed by atoms with van der Waals surface area (Å²) in [5.74, 6) is 0. The van der Waals surface area contributed by atoms with Crippen molar-refractivity contribution in [2.75, 3.05) is 46.1 Å². The van der Waals surface area contributed by atoms with E-state index >= 15 is 0 Å². The number of aliphatic hydroxyl groups excluding tert-OH is 1. The topological polar surface area (TPSA) is 94.5 Å². The number of rotatable bonds is 41. The van der Waals surface area contributed by atoms with Crippen molar-refractivity contribution in [3.8, 4) is 0 Å². The van der Waals surface area contributed by atoms with Crippen molar-refractivity contribution in [2.45, 2.75) is 226 Å². The maximum atomic E-state index is 12.5. The fourth-order valence-corrected chi connectivity index (χ4v) is 6.67. The second-order valence-corrected chi connectivity index (χ2v) is 15.1. The van der Waals surface area contributed by atoms with Gasteiger partial charge in [-0.25, -0.2) is 9.59 Å². The fraction of sp³-hybridized carbons (Fsp3) is 0.955. The predicted octanol–water partition coefficient (Wildman–Crippen LogP) is 13.1. The number of carbonyl (C=O) groups is 2. The molecule has 52 heavy (non-hydrogen) atoms. The molecular weight excluding hydrogens is 654 g/mol. The van der Waals surface area contributed by atoms with Crippen LogP contribution < -0.4 is 0 Å². The van der Waals surface area contributed by atoms with Crippen LogP contribution in [0, 0.1) is 0 Å². The molecule has 0 aromatic carbocycles. The minimum absolute atomic E-state index is 0.0110. The van der Waals surface area contributed by atoms with Gasteiger partial charge in [-0.1, -0.05) is 149 Å². The second kappa shape index (κ2) is 42.2. The normalized spacial score (nSPS) is 11.4. The lowest BCUT2D eigenvalue weighted by Crippen LogP contribution is -2.27. The van der Waals surface area contributed by atoms with E-state index in [1.54, 1.807) is 0 Å². The minimum Gasteiger partial charge on any atom is -0.434 e. The first-order valence-electron chi connectivity index (χ1n) is 22.5. The molecule has 8 nitrogen and oxygen atoms in total. The standard InChI is InChI=1S/C44H87NO7/c1-4-7-10-13-16-21-30-39-49-43(47)50-40-31-22-19-26-35-45(37-28-29-38-46)36-27-20-23-32-41-51-44(48)52-42(33-24-17-14-11-8-5-2)34-25-18-15-12-9-6-3/h42,46H,4-41H2,1-3H3. The van der Waals surface area contributed by atoms with Gasteiger partial charge in [0.25, 0.3) is 0 Å². The van der Waals surface area contributed by atoms with Crippen LogP contribution in [-0.2, 0) is 18.9 Å². The summed E-state index contributed by atoms with van der Waals surface area (Å²) in [5, 5.41) is 9.25. The van der Waals surface area contributed by atoms with Gasteiger partial charge < -0.3 is 29.0 Å². The van der Waals surface area contributed by atoms with Gasteiger partial charge in [-0.2, -0.15) is 0 Å². The first kappa shape index (κ1) is 50.5. The first-order valence-corrected chi connectivity index (χ1v) is 22.5. The zero-order valence-corrected chi connectivity index (χ0v) is 34.8. The lowest BCUT2D eigenvalue weighted by atomic mass is 10.0. The molecule has 0 radical (unpaired) electrons. The number of unbranched alkanes of at least 4 members (excludes halogenated alkanes) is 23. The Hall–Kier alpha value is -1.54. The molecule has 8 heteroatoms. The van der Waals surface area contributed by atoms with Gasteiger partial charge in [0.05, 0.1) is 19.8 Å². The summed E-state index contributed by atoms with van der Waals surface area (Å²) in [6.45, 7) is 11.4. The summed E-state index contributed by atoms with van der Waals surface area (Å²) < 4.78 is 21.8. The summed E-state index contributed by atoms with van der Waals surface area (Å²) >= 11 is 0. The molecule has 0 heterocycles. The molecule has 0 fully saturated rings. The average molecular weight is 742 g/mol. The third-order valence-electron chi connectivity index (χ3n) is 10.0. The lowest BCUT2D eigenvalue weighted by Gasteiger charge is -2.22. The molecule has 310 valence electrons. The van der Waals surface area contributed by atoms with E-state index in [1.807, 2.05) is 0 Å². The quantitative estimate of drug-likeness (QED) is 0.0489. The van der Waals surface area contributed by atoms with Gasteiger partial charge in [0.1, 0.15) is 6.10 Å². The van der Waals surface area contributed by atoms with Crippen LogP contribution in [0.1, 0.15) is 220 Å². The molecule has 0 aliphatic carbocycles. The molecule has 0 bridgehead atoms. The largest absolute Gasteiger partial charge is 0.508 e. The molecule has 0 saturated carbocycles. The van der Waals surface area contributed by atoms with Crippen LogP contribution in [0.4, 0.5) is 9.59 Å². The smallest absolute Gasteiger partial charge is 0.434 e. The van der Waals surface area contributed by atoms with Gasteiger partial charge in [-0.15, -0.1) is 0 Å². The molecule has 0 aromatic rings. The maximum absolute atomic E-state index is 12.5. The van der Waals surface area contributed by atoms with Crippen LogP contribution in [0.3, 0.4) is 0 Å². The Morgan fingerprint density at radius 1 is 0.423 bits per heavy atom. The number of aliphatic hydroxyl groups is 1. The molecule has 0 aliphatic heterocycles. The Morgan fingerprint density at radius 2 is 0.750 bits per heavy atom. The van der Waals surface area contributed by atoms with Gasteiger partial charge in [0, 0.05) is 6.61 Å². The van der Waals surface area contributed by atoms with Crippen molar-refractivity contribution in [3.63, 3.8) is 0 Å². The summed E-state index contributed by atoms with van der Waals surface area (Å²) in [5.41, 5.74) is 0. The Balaban J connectivity index is 4.09. The molecule has 0 rings (SSSR count). The van der Waals surface area contributed by atoms with Gasteiger partial charge in [-0.3, -0.25) is 0 Å². The zero-order chi connectivity index (χ0) is 38.0. The van der Waals surface area contributed by atoms with Crippen molar-refractivity contribution in [2.24, 2.45) is 0 Å². The van der Waals surface area contributed by atoms with E-state index in [-0.39, 0.29) is 12.7 Å². The van der Waals surface area contributed by atoms with Crippen LogP contribution in [0.5, 0.6) is 0 Å². The summed E-state index contributed by atoms with van der Waals surface area (Å²) in [6, 6.07) is 0. The van der Waals surface area contributed by atoms with E-state index in [2.05, 4.69) is 25.7 Å². The third kappa shape index (κ3) is 38.2. The van der Waals surface area contributed by atoms with Gasteiger partial charge in [0.2, 0.25) is 0 Å². The first-order chi connectivity index (χ1) is 25.6. The highest BCUT2D eigenvalue weighted by Gasteiger charge is 2.15. The Morgan fingerprint density at radius 3 is 1.15 bits per heavy atom. The van der Waals surface area contributed by atoms with E-state index < -0.39 is 12.3 Å². The van der Waals surface area contributed by atoms with Gasteiger partial charge in [0.15, 0.2) is 0 Å². The van der Waals surface area contributed by atoms with Crippen molar-refractivity contribution in [3.05, 3.63) is 0 Å². The van der Waals surface area contributed by atoms with Crippen molar-refractivity contribution < 1.29 is 33.6 Å². The van der Waals surface area contributed by atoms with Gasteiger partial charge >= 0.3 is 12.3 Å². The molecule has 0 saturated heterocycles. The lowest BCUT2D eigenvalue weighted by molar-refractivity contribution is 0.0154. The SMILES string of the molecule is CCCCCCCCCOC(=O)OCCCCCCN(CCCCO)CCCCCCOC(=O)OC(CCCCCCCC)CCCCCCCC. The molecule has 0 aromatic heterocycles. The average Bonchev–Trinajstić information content (AvgIpc) is 3.14. The van der Waals surface area contributed by atoms with Gasteiger partial charge in [-0.05, 0) is 90.3 Å². The number of hydrogen-bond acceptors (Lipinski definition) is 8. The zero-order valence-electron chi connectivity index (χ0n) is 34.8. The number of carbonyl (C=O) groups excluding carboxylic acids is 2. The molecule has 0 unspecified atom stereocenters. The van der Waals surface area contributed by atoms with Crippen LogP contribution >= 0.6 is 0 Å². The van der Waals surface area contributed by atoms with Crippen molar-refractivity contribution >= 4 is 12.3 Å². The number of ether oxygens (including phenoxy) is 4. The van der Waals surface area contributed by atoms with E-state index in [9.17, 15) is 14.7 Å². The van der Waals surface area contributed by atoms with E-state index in [4.69, 9.17) is 18.9 Å². The highest BCUT2D eigenvalue weighted by atomic mass is 16.7. The molecule has 1 N–H and O–H groups in total. The summed E-state index contributed by atoms with van der Waals surface area (Å²) in [6.07, 6.45) is 34.4. The van der Waals surface area contributed by atoms with E-state index in [0.717, 1.165) is 122 Å². The van der Waals surface area contributed by atoms with Crippen LogP contribution in [0.2, 0.25) is 0 Å². The van der Waals surface area contributed by atoms with Crippen molar-refractivity contribution in [1.82, 2.24) is 4.90 Å². The summed E-state index contributed by atoms with van der Waals surface area (Å²) in [4.78, 5) is 26.8. The minimum atomic E-state index is -0.529. The molecule has 0 aliphatic rings.